The van der Waals surface area contributed by atoms with E-state index in [-0.39, 0.29) is 5.91 Å². The van der Waals surface area contributed by atoms with Gasteiger partial charge in [-0.15, -0.1) is 11.8 Å². The average Bonchev–Trinajstić information content (AvgIpc) is 2.21. The van der Waals surface area contributed by atoms with Crippen LogP contribution in [0.15, 0.2) is 29.2 Å². The Balaban J connectivity index is 2.26. The van der Waals surface area contributed by atoms with Crippen LogP contribution in [0.2, 0.25) is 0 Å². The van der Waals surface area contributed by atoms with Gasteiger partial charge in [-0.05, 0) is 31.2 Å². The zero-order valence-electron chi connectivity index (χ0n) is 8.82. The van der Waals surface area contributed by atoms with Crippen molar-refractivity contribution in [2.75, 3.05) is 18.0 Å². The molecule has 0 aliphatic heterocycles. The number of rotatable bonds is 5. The number of anilines is 1. The van der Waals surface area contributed by atoms with Crippen LogP contribution in [0.1, 0.15) is 13.3 Å². The van der Waals surface area contributed by atoms with Crippen molar-refractivity contribution in [2.24, 2.45) is 0 Å². The maximum atomic E-state index is 11.1. The molecule has 0 fully saturated rings. The Morgan fingerprint density at radius 3 is 2.67 bits per heavy atom. The highest BCUT2D eigenvalue weighted by Crippen LogP contribution is 2.19. The molecular weight excluding hydrogens is 208 g/mol. The topological polar surface area (TPSA) is 55.1 Å². The fourth-order valence-electron chi connectivity index (χ4n) is 1.11. The molecule has 82 valence electrons. The number of thioether (sulfide) groups is 1. The summed E-state index contributed by atoms with van der Waals surface area (Å²) in [5, 5.41) is 2.77. The van der Waals surface area contributed by atoms with E-state index in [4.69, 9.17) is 5.73 Å². The molecule has 0 saturated carbocycles. The van der Waals surface area contributed by atoms with Crippen molar-refractivity contribution in [1.29, 1.82) is 0 Å². The van der Waals surface area contributed by atoms with Crippen molar-refractivity contribution in [3.05, 3.63) is 24.3 Å². The van der Waals surface area contributed by atoms with Crippen LogP contribution in [-0.2, 0) is 4.79 Å². The van der Waals surface area contributed by atoms with E-state index in [1.165, 1.54) is 0 Å². The van der Waals surface area contributed by atoms with Crippen LogP contribution in [0.3, 0.4) is 0 Å². The highest BCUT2D eigenvalue weighted by molar-refractivity contribution is 7.99. The van der Waals surface area contributed by atoms with Gasteiger partial charge in [0.2, 0.25) is 5.91 Å². The second-order valence-corrected chi connectivity index (χ2v) is 4.29. The Bertz CT molecular complexity index is 311. The molecule has 0 heterocycles. The molecule has 0 aliphatic carbocycles. The molecule has 0 spiro atoms. The largest absolute Gasteiger partial charge is 0.399 e. The minimum absolute atomic E-state index is 0.112. The van der Waals surface area contributed by atoms with Crippen molar-refractivity contribution >= 4 is 23.4 Å². The van der Waals surface area contributed by atoms with E-state index in [0.29, 0.717) is 13.0 Å². The van der Waals surface area contributed by atoms with Gasteiger partial charge < -0.3 is 11.1 Å². The normalized spacial score (nSPS) is 9.93. The van der Waals surface area contributed by atoms with Gasteiger partial charge in [-0.25, -0.2) is 0 Å². The first-order chi connectivity index (χ1) is 7.22. The summed E-state index contributed by atoms with van der Waals surface area (Å²) in [6.45, 7) is 2.62. The predicted octanol–water partition coefficient (Wildman–Crippen LogP) is 1.89. The van der Waals surface area contributed by atoms with Gasteiger partial charge in [0.1, 0.15) is 0 Å². The molecular formula is C11H16N2OS. The van der Waals surface area contributed by atoms with Crippen LogP contribution >= 0.6 is 11.8 Å². The Kier molecular flexibility index (Phi) is 5.04. The fraction of sp³-hybridized carbons (Fsp3) is 0.364. The van der Waals surface area contributed by atoms with Gasteiger partial charge in [0.05, 0.1) is 0 Å². The van der Waals surface area contributed by atoms with E-state index in [1.54, 1.807) is 11.8 Å². The highest BCUT2D eigenvalue weighted by atomic mass is 32.2. The second kappa shape index (κ2) is 6.35. The summed E-state index contributed by atoms with van der Waals surface area (Å²) in [5.41, 5.74) is 6.34. The van der Waals surface area contributed by atoms with Crippen LogP contribution in [-0.4, -0.2) is 18.2 Å². The third-order valence-corrected chi connectivity index (χ3v) is 2.87. The van der Waals surface area contributed by atoms with Crippen LogP contribution < -0.4 is 11.1 Å². The fourth-order valence-corrected chi connectivity index (χ4v) is 1.96. The molecule has 1 aromatic rings. The van der Waals surface area contributed by atoms with Crippen LogP contribution in [0.25, 0.3) is 0 Å². The number of benzene rings is 1. The number of hydrogen-bond acceptors (Lipinski definition) is 3. The lowest BCUT2D eigenvalue weighted by atomic mass is 10.3. The molecule has 4 heteroatoms. The van der Waals surface area contributed by atoms with Crippen molar-refractivity contribution in [1.82, 2.24) is 5.32 Å². The Hall–Kier alpha value is -1.16. The zero-order valence-corrected chi connectivity index (χ0v) is 9.64. The SMILES string of the molecule is CCNC(=O)CCSc1ccc(N)cc1. The summed E-state index contributed by atoms with van der Waals surface area (Å²) < 4.78 is 0. The first-order valence-corrected chi connectivity index (χ1v) is 5.96. The summed E-state index contributed by atoms with van der Waals surface area (Å²) in [7, 11) is 0. The van der Waals surface area contributed by atoms with E-state index < -0.39 is 0 Å². The molecule has 0 bridgehead atoms. The molecule has 3 nitrogen and oxygen atoms in total. The third kappa shape index (κ3) is 4.74. The Morgan fingerprint density at radius 2 is 2.07 bits per heavy atom. The molecule has 1 amide bonds. The van der Waals surface area contributed by atoms with E-state index >= 15 is 0 Å². The number of nitrogen functional groups attached to an aromatic ring is 1. The summed E-state index contributed by atoms with van der Waals surface area (Å²) in [6, 6.07) is 7.68. The molecule has 1 rings (SSSR count). The quantitative estimate of drug-likeness (QED) is 0.593. The molecule has 15 heavy (non-hydrogen) atoms. The van der Waals surface area contributed by atoms with Gasteiger partial charge in [0.25, 0.3) is 0 Å². The van der Waals surface area contributed by atoms with Gasteiger partial charge in [-0.1, -0.05) is 0 Å². The first-order valence-electron chi connectivity index (χ1n) is 4.97. The third-order valence-electron chi connectivity index (χ3n) is 1.85. The summed E-state index contributed by atoms with van der Waals surface area (Å²) >= 11 is 1.67. The molecule has 0 aromatic heterocycles. The lowest BCUT2D eigenvalue weighted by Crippen LogP contribution is -2.22. The molecule has 0 unspecified atom stereocenters. The number of amides is 1. The number of nitrogens with two attached hydrogens (primary N) is 1. The van der Waals surface area contributed by atoms with Gasteiger partial charge in [-0.3, -0.25) is 4.79 Å². The lowest BCUT2D eigenvalue weighted by Gasteiger charge is -2.02. The zero-order chi connectivity index (χ0) is 11.1. The number of carbonyl (C=O) groups excluding carboxylic acids is 1. The number of nitrogens with one attached hydrogen (secondary N) is 1. The van der Waals surface area contributed by atoms with Crippen LogP contribution in [0.4, 0.5) is 5.69 Å². The molecule has 0 saturated heterocycles. The van der Waals surface area contributed by atoms with Gasteiger partial charge in [-0.2, -0.15) is 0 Å². The maximum absolute atomic E-state index is 11.1. The molecule has 0 aliphatic rings. The minimum Gasteiger partial charge on any atom is -0.399 e. The van der Waals surface area contributed by atoms with E-state index in [2.05, 4.69) is 5.32 Å². The smallest absolute Gasteiger partial charge is 0.220 e. The maximum Gasteiger partial charge on any atom is 0.220 e. The predicted molar refractivity (Wildman–Crippen MR) is 64.9 cm³/mol. The van der Waals surface area contributed by atoms with Gasteiger partial charge in [0.15, 0.2) is 0 Å². The van der Waals surface area contributed by atoms with Crippen molar-refractivity contribution in [3.8, 4) is 0 Å². The van der Waals surface area contributed by atoms with Gasteiger partial charge >= 0.3 is 0 Å². The molecule has 3 N–H and O–H groups in total. The molecule has 1 aromatic carbocycles. The Morgan fingerprint density at radius 1 is 1.40 bits per heavy atom. The highest BCUT2D eigenvalue weighted by Gasteiger charge is 1.99. The number of hydrogen-bond donors (Lipinski definition) is 2. The van der Waals surface area contributed by atoms with E-state index in [1.807, 2.05) is 31.2 Å². The van der Waals surface area contributed by atoms with Crippen LogP contribution in [0.5, 0.6) is 0 Å². The number of carbonyl (C=O) groups is 1. The van der Waals surface area contributed by atoms with E-state index in [0.717, 1.165) is 16.3 Å². The summed E-state index contributed by atoms with van der Waals surface area (Å²) in [5.74, 6) is 0.913. The lowest BCUT2D eigenvalue weighted by molar-refractivity contribution is -0.120. The first kappa shape index (κ1) is 11.9. The monoisotopic (exact) mass is 224 g/mol. The average molecular weight is 224 g/mol. The summed E-state index contributed by atoms with van der Waals surface area (Å²) in [4.78, 5) is 12.3. The van der Waals surface area contributed by atoms with Crippen molar-refractivity contribution in [3.63, 3.8) is 0 Å². The summed E-state index contributed by atoms with van der Waals surface area (Å²) in [6.07, 6.45) is 0.558. The van der Waals surface area contributed by atoms with E-state index in [9.17, 15) is 4.79 Å². The van der Waals surface area contributed by atoms with Crippen molar-refractivity contribution in [2.45, 2.75) is 18.2 Å². The minimum atomic E-state index is 0.112. The Labute approximate surface area is 94.4 Å². The van der Waals surface area contributed by atoms with Gasteiger partial charge in [0, 0.05) is 29.3 Å². The standard InChI is InChI=1S/C11H16N2OS/c1-2-13-11(14)7-8-15-10-5-3-9(12)4-6-10/h3-6H,2,7-8,12H2,1H3,(H,13,14). The molecule has 0 atom stereocenters. The molecule has 0 radical (unpaired) electrons. The van der Waals surface area contributed by atoms with Crippen LogP contribution in [0, 0.1) is 0 Å². The second-order valence-electron chi connectivity index (χ2n) is 3.12. The van der Waals surface area contributed by atoms with Crippen molar-refractivity contribution < 1.29 is 4.79 Å².